The molecular weight excluding hydrogens is 289 g/mol. The fraction of sp³-hybridized carbons (Fsp3) is 0.294. The Hall–Kier alpha value is -1.02. The van der Waals surface area contributed by atoms with E-state index in [1.54, 1.807) is 6.07 Å². The number of nitrogens with two attached hydrogens (primary N) is 1. The lowest BCUT2D eigenvalue weighted by atomic mass is 9.81. The predicted octanol–water partition coefficient (Wildman–Crippen LogP) is 5.19. The van der Waals surface area contributed by atoms with Crippen LogP contribution < -0.4 is 5.73 Å². The second kappa shape index (κ2) is 6.62. The highest BCUT2D eigenvalue weighted by atomic mass is 35.5. The summed E-state index contributed by atoms with van der Waals surface area (Å²) in [7, 11) is 0. The third kappa shape index (κ3) is 3.54. The predicted molar refractivity (Wildman–Crippen MR) is 87.4 cm³/mol. The Morgan fingerprint density at radius 3 is 2.35 bits per heavy atom. The molecule has 0 heterocycles. The molecule has 0 fully saturated rings. The normalized spacial score (nSPS) is 14.0. The van der Waals surface area contributed by atoms with Crippen LogP contribution in [0.3, 0.4) is 0 Å². The molecule has 0 aliphatic heterocycles. The van der Waals surface area contributed by atoms with Crippen LogP contribution >= 0.6 is 23.2 Å². The zero-order chi connectivity index (χ0) is 14.6. The molecule has 0 saturated heterocycles. The Labute approximate surface area is 130 Å². The second-order valence-electron chi connectivity index (χ2n) is 5.18. The van der Waals surface area contributed by atoms with Crippen molar-refractivity contribution in [2.24, 2.45) is 5.73 Å². The van der Waals surface area contributed by atoms with E-state index < -0.39 is 5.54 Å². The van der Waals surface area contributed by atoms with Gasteiger partial charge in [-0.3, -0.25) is 0 Å². The van der Waals surface area contributed by atoms with E-state index in [4.69, 9.17) is 28.9 Å². The molecule has 2 aromatic rings. The highest BCUT2D eigenvalue weighted by Gasteiger charge is 2.27. The molecule has 0 bridgehead atoms. The van der Waals surface area contributed by atoms with Crippen LogP contribution in [0.4, 0.5) is 0 Å². The van der Waals surface area contributed by atoms with E-state index in [1.165, 1.54) is 0 Å². The Morgan fingerprint density at radius 1 is 1.05 bits per heavy atom. The lowest BCUT2D eigenvalue weighted by Gasteiger charge is -2.30. The van der Waals surface area contributed by atoms with Crippen LogP contribution in [0.1, 0.15) is 30.9 Å². The molecule has 0 radical (unpaired) electrons. The minimum atomic E-state index is -0.395. The molecular formula is C17H19Cl2N. The molecule has 106 valence electrons. The van der Waals surface area contributed by atoms with Crippen molar-refractivity contribution in [2.45, 2.75) is 31.7 Å². The molecule has 1 atom stereocenters. The van der Waals surface area contributed by atoms with E-state index in [2.05, 4.69) is 19.1 Å². The van der Waals surface area contributed by atoms with Crippen molar-refractivity contribution < 1.29 is 0 Å². The van der Waals surface area contributed by atoms with E-state index in [1.807, 2.05) is 30.3 Å². The van der Waals surface area contributed by atoms with E-state index in [-0.39, 0.29) is 0 Å². The molecule has 2 rings (SSSR count). The van der Waals surface area contributed by atoms with Gasteiger partial charge in [0.15, 0.2) is 0 Å². The van der Waals surface area contributed by atoms with Gasteiger partial charge < -0.3 is 5.73 Å². The summed E-state index contributed by atoms with van der Waals surface area (Å²) in [6.07, 6.45) is 2.65. The van der Waals surface area contributed by atoms with Crippen LogP contribution in [0.15, 0.2) is 48.5 Å². The smallest absolute Gasteiger partial charge is 0.0453 e. The third-order valence-corrected chi connectivity index (χ3v) is 4.15. The Morgan fingerprint density at radius 2 is 1.75 bits per heavy atom. The Bertz CT molecular complexity index is 568. The van der Waals surface area contributed by atoms with Crippen molar-refractivity contribution in [3.8, 4) is 0 Å². The minimum absolute atomic E-state index is 0.395. The number of hydrogen-bond donors (Lipinski definition) is 1. The average molecular weight is 308 g/mol. The van der Waals surface area contributed by atoms with Gasteiger partial charge >= 0.3 is 0 Å². The molecule has 1 unspecified atom stereocenters. The highest BCUT2D eigenvalue weighted by molar-refractivity contribution is 6.35. The molecule has 3 heteroatoms. The van der Waals surface area contributed by atoms with Crippen molar-refractivity contribution >= 4 is 23.2 Å². The summed E-state index contributed by atoms with van der Waals surface area (Å²) < 4.78 is 0. The highest BCUT2D eigenvalue weighted by Crippen LogP contribution is 2.31. The molecule has 20 heavy (non-hydrogen) atoms. The van der Waals surface area contributed by atoms with Crippen LogP contribution in [0.25, 0.3) is 0 Å². The van der Waals surface area contributed by atoms with Crippen LogP contribution in [0, 0.1) is 0 Å². The summed E-state index contributed by atoms with van der Waals surface area (Å²) in [5.74, 6) is 0. The van der Waals surface area contributed by atoms with Gasteiger partial charge in [-0.05, 0) is 36.1 Å². The lowest BCUT2D eigenvalue weighted by Crippen LogP contribution is -2.39. The van der Waals surface area contributed by atoms with E-state index in [9.17, 15) is 0 Å². The van der Waals surface area contributed by atoms with E-state index in [0.29, 0.717) is 16.5 Å². The molecule has 2 aromatic carbocycles. The SMILES string of the molecule is CCCC(N)(Cc1ccc(Cl)cc1Cl)c1ccccc1. The topological polar surface area (TPSA) is 26.0 Å². The maximum Gasteiger partial charge on any atom is 0.0453 e. The summed E-state index contributed by atoms with van der Waals surface area (Å²) in [5, 5.41) is 1.33. The fourth-order valence-corrected chi connectivity index (χ4v) is 3.03. The summed E-state index contributed by atoms with van der Waals surface area (Å²) in [5.41, 5.74) is 8.47. The molecule has 0 spiro atoms. The first-order valence-electron chi connectivity index (χ1n) is 6.83. The molecule has 0 saturated carbocycles. The van der Waals surface area contributed by atoms with Gasteiger partial charge in [0, 0.05) is 15.6 Å². The number of rotatable bonds is 5. The maximum absolute atomic E-state index is 6.68. The van der Waals surface area contributed by atoms with Gasteiger partial charge in [-0.1, -0.05) is 72.9 Å². The van der Waals surface area contributed by atoms with Gasteiger partial charge in [0.1, 0.15) is 0 Å². The first kappa shape index (κ1) is 15.4. The fourth-order valence-electron chi connectivity index (χ4n) is 2.56. The molecule has 0 aliphatic rings. The number of halogens is 2. The van der Waals surface area contributed by atoms with Crippen LogP contribution in [0.2, 0.25) is 10.0 Å². The van der Waals surface area contributed by atoms with Crippen LogP contribution in [-0.2, 0) is 12.0 Å². The van der Waals surface area contributed by atoms with Gasteiger partial charge in [0.05, 0.1) is 0 Å². The van der Waals surface area contributed by atoms with E-state index >= 15 is 0 Å². The molecule has 1 nitrogen and oxygen atoms in total. The largest absolute Gasteiger partial charge is 0.321 e. The quantitative estimate of drug-likeness (QED) is 0.808. The number of benzene rings is 2. The Balaban J connectivity index is 2.34. The third-order valence-electron chi connectivity index (χ3n) is 3.57. The monoisotopic (exact) mass is 307 g/mol. The number of hydrogen-bond acceptors (Lipinski definition) is 1. The molecule has 0 amide bonds. The molecule has 0 aliphatic carbocycles. The zero-order valence-electron chi connectivity index (χ0n) is 11.6. The zero-order valence-corrected chi connectivity index (χ0v) is 13.1. The molecule has 0 aromatic heterocycles. The van der Waals surface area contributed by atoms with Gasteiger partial charge in [-0.2, -0.15) is 0 Å². The van der Waals surface area contributed by atoms with Crippen molar-refractivity contribution in [3.05, 3.63) is 69.7 Å². The minimum Gasteiger partial charge on any atom is -0.321 e. The summed E-state index contributed by atoms with van der Waals surface area (Å²) in [6.45, 7) is 2.15. The van der Waals surface area contributed by atoms with Crippen molar-refractivity contribution in [1.82, 2.24) is 0 Å². The molecule has 2 N–H and O–H groups in total. The van der Waals surface area contributed by atoms with Crippen molar-refractivity contribution in [3.63, 3.8) is 0 Å². The summed E-state index contributed by atoms with van der Waals surface area (Å²) >= 11 is 12.2. The standard InChI is InChI=1S/C17H19Cl2N/c1-2-10-17(20,14-6-4-3-5-7-14)12-13-8-9-15(18)11-16(13)19/h3-9,11H,2,10,12,20H2,1H3. The first-order chi connectivity index (χ1) is 9.55. The Kier molecular flexibility index (Phi) is 5.09. The van der Waals surface area contributed by atoms with Gasteiger partial charge in [-0.15, -0.1) is 0 Å². The average Bonchev–Trinajstić information content (AvgIpc) is 2.43. The summed E-state index contributed by atoms with van der Waals surface area (Å²) in [6, 6.07) is 15.8. The van der Waals surface area contributed by atoms with Gasteiger partial charge in [0.25, 0.3) is 0 Å². The van der Waals surface area contributed by atoms with Gasteiger partial charge in [0.2, 0.25) is 0 Å². The lowest BCUT2D eigenvalue weighted by molar-refractivity contribution is 0.401. The van der Waals surface area contributed by atoms with Crippen LogP contribution in [0.5, 0.6) is 0 Å². The van der Waals surface area contributed by atoms with Crippen molar-refractivity contribution in [2.75, 3.05) is 0 Å². The first-order valence-corrected chi connectivity index (χ1v) is 7.59. The van der Waals surface area contributed by atoms with Crippen molar-refractivity contribution in [1.29, 1.82) is 0 Å². The van der Waals surface area contributed by atoms with Gasteiger partial charge in [-0.25, -0.2) is 0 Å². The van der Waals surface area contributed by atoms with Crippen LogP contribution in [-0.4, -0.2) is 0 Å². The maximum atomic E-state index is 6.68. The second-order valence-corrected chi connectivity index (χ2v) is 6.03. The van der Waals surface area contributed by atoms with E-state index in [0.717, 1.165) is 24.0 Å². The summed E-state index contributed by atoms with van der Waals surface area (Å²) in [4.78, 5) is 0.